The molecule has 17 heavy (non-hydrogen) atoms. The van der Waals surface area contributed by atoms with Gasteiger partial charge >= 0.3 is 5.97 Å². The van der Waals surface area contributed by atoms with Crippen LogP contribution in [0.5, 0.6) is 0 Å². The van der Waals surface area contributed by atoms with E-state index in [1.54, 1.807) is 24.3 Å². The Hall–Kier alpha value is -1.88. The van der Waals surface area contributed by atoms with Crippen LogP contribution in [-0.2, 0) is 4.79 Å². The predicted octanol–water partition coefficient (Wildman–Crippen LogP) is 2.58. The Morgan fingerprint density at radius 2 is 2.00 bits per heavy atom. The summed E-state index contributed by atoms with van der Waals surface area (Å²) < 4.78 is 5.29. The maximum atomic E-state index is 10.7. The number of carboxylic acid groups (broad SMARTS) is 1. The minimum Gasteiger partial charge on any atom is -0.481 e. The lowest BCUT2D eigenvalue weighted by Crippen LogP contribution is -2.07. The lowest BCUT2D eigenvalue weighted by molar-refractivity contribution is -0.138. The van der Waals surface area contributed by atoms with Gasteiger partial charge in [-0.3, -0.25) is 4.79 Å². The summed E-state index contributed by atoms with van der Waals surface area (Å²) in [6.45, 7) is 1.49. The maximum Gasteiger partial charge on any atom is 0.315 e. The molecular weight excluding hydrogens is 244 g/mol. The van der Waals surface area contributed by atoms with Gasteiger partial charge in [0, 0.05) is 10.6 Å². The van der Waals surface area contributed by atoms with Crippen LogP contribution in [0.15, 0.2) is 28.7 Å². The van der Waals surface area contributed by atoms with E-state index in [1.165, 1.54) is 6.92 Å². The van der Waals surface area contributed by atoms with Gasteiger partial charge in [-0.2, -0.15) is 0 Å². The van der Waals surface area contributed by atoms with Crippen molar-refractivity contribution in [2.24, 2.45) is 0 Å². The Kier molecular flexibility index (Phi) is 3.10. The fourth-order valence-corrected chi connectivity index (χ4v) is 1.35. The quantitative estimate of drug-likeness (QED) is 0.909. The molecule has 0 radical (unpaired) electrons. The van der Waals surface area contributed by atoms with E-state index in [0.717, 1.165) is 0 Å². The standard InChI is InChI=1S/C11H9ClN2O3/c1-6(11(15)16)9-13-14-10(17-9)7-2-4-8(12)5-3-7/h2-6H,1H3,(H,15,16). The lowest BCUT2D eigenvalue weighted by Gasteiger charge is -1.98. The fraction of sp³-hybridized carbons (Fsp3) is 0.182. The van der Waals surface area contributed by atoms with Crippen LogP contribution in [0.3, 0.4) is 0 Å². The zero-order valence-corrected chi connectivity index (χ0v) is 9.68. The number of aromatic nitrogens is 2. The number of hydrogen-bond donors (Lipinski definition) is 1. The van der Waals surface area contributed by atoms with E-state index in [2.05, 4.69) is 10.2 Å². The van der Waals surface area contributed by atoms with Crippen molar-refractivity contribution >= 4 is 17.6 Å². The second-order valence-corrected chi connectivity index (χ2v) is 3.95. The van der Waals surface area contributed by atoms with Gasteiger partial charge < -0.3 is 9.52 Å². The van der Waals surface area contributed by atoms with Crippen molar-refractivity contribution in [1.82, 2.24) is 10.2 Å². The van der Waals surface area contributed by atoms with Crippen LogP contribution in [0, 0.1) is 0 Å². The van der Waals surface area contributed by atoms with Crippen molar-refractivity contribution in [3.8, 4) is 11.5 Å². The zero-order valence-electron chi connectivity index (χ0n) is 8.92. The first-order chi connectivity index (χ1) is 8.08. The molecule has 88 valence electrons. The van der Waals surface area contributed by atoms with E-state index < -0.39 is 11.9 Å². The maximum absolute atomic E-state index is 10.7. The lowest BCUT2D eigenvalue weighted by atomic mass is 10.2. The summed E-state index contributed by atoms with van der Waals surface area (Å²) in [5.74, 6) is -1.45. The molecule has 1 N–H and O–H groups in total. The molecule has 1 atom stereocenters. The number of carbonyl (C=O) groups is 1. The molecule has 5 nitrogen and oxygen atoms in total. The van der Waals surface area contributed by atoms with Crippen molar-refractivity contribution in [3.63, 3.8) is 0 Å². The molecule has 1 aromatic carbocycles. The van der Waals surface area contributed by atoms with Crippen molar-refractivity contribution in [2.75, 3.05) is 0 Å². The zero-order chi connectivity index (χ0) is 12.4. The second-order valence-electron chi connectivity index (χ2n) is 3.51. The Labute approximate surface area is 102 Å². The number of rotatable bonds is 3. The first kappa shape index (κ1) is 11.6. The van der Waals surface area contributed by atoms with Gasteiger partial charge in [0.15, 0.2) is 0 Å². The molecule has 0 aliphatic heterocycles. The third kappa shape index (κ3) is 2.45. The van der Waals surface area contributed by atoms with Gasteiger partial charge in [0.1, 0.15) is 5.92 Å². The molecule has 0 aliphatic rings. The Morgan fingerprint density at radius 1 is 1.35 bits per heavy atom. The molecule has 1 aromatic heterocycles. The highest BCUT2D eigenvalue weighted by atomic mass is 35.5. The molecular formula is C11H9ClN2O3. The predicted molar refractivity (Wildman–Crippen MR) is 60.8 cm³/mol. The van der Waals surface area contributed by atoms with E-state index in [0.29, 0.717) is 10.6 Å². The van der Waals surface area contributed by atoms with Crippen LogP contribution in [0.2, 0.25) is 5.02 Å². The van der Waals surface area contributed by atoms with E-state index >= 15 is 0 Å². The van der Waals surface area contributed by atoms with Crippen LogP contribution in [0.25, 0.3) is 11.5 Å². The average Bonchev–Trinajstić information content (AvgIpc) is 2.78. The van der Waals surface area contributed by atoms with Gasteiger partial charge in [-0.1, -0.05) is 11.6 Å². The molecule has 0 fully saturated rings. The largest absolute Gasteiger partial charge is 0.481 e. The normalized spacial score (nSPS) is 12.4. The second kappa shape index (κ2) is 4.55. The van der Waals surface area contributed by atoms with Crippen LogP contribution >= 0.6 is 11.6 Å². The van der Waals surface area contributed by atoms with Crippen molar-refractivity contribution in [2.45, 2.75) is 12.8 Å². The highest BCUT2D eigenvalue weighted by Crippen LogP contribution is 2.22. The summed E-state index contributed by atoms with van der Waals surface area (Å²) >= 11 is 5.75. The average molecular weight is 253 g/mol. The van der Waals surface area contributed by atoms with Crippen LogP contribution in [0.4, 0.5) is 0 Å². The first-order valence-electron chi connectivity index (χ1n) is 4.90. The molecule has 0 aliphatic carbocycles. The van der Waals surface area contributed by atoms with E-state index in [-0.39, 0.29) is 11.8 Å². The van der Waals surface area contributed by atoms with Gasteiger partial charge in [0.25, 0.3) is 0 Å². The van der Waals surface area contributed by atoms with Gasteiger partial charge in [0.2, 0.25) is 11.8 Å². The molecule has 0 saturated carbocycles. The third-order valence-corrected chi connectivity index (χ3v) is 2.52. The number of halogens is 1. The smallest absolute Gasteiger partial charge is 0.315 e. The summed E-state index contributed by atoms with van der Waals surface area (Å²) in [6, 6.07) is 6.85. The van der Waals surface area contributed by atoms with Gasteiger partial charge in [-0.05, 0) is 31.2 Å². The highest BCUT2D eigenvalue weighted by molar-refractivity contribution is 6.30. The van der Waals surface area contributed by atoms with Crippen molar-refractivity contribution in [3.05, 3.63) is 35.2 Å². The summed E-state index contributed by atoms with van der Waals surface area (Å²) in [7, 11) is 0. The van der Waals surface area contributed by atoms with Crippen LogP contribution < -0.4 is 0 Å². The minimum absolute atomic E-state index is 0.0856. The topological polar surface area (TPSA) is 76.2 Å². The molecule has 1 heterocycles. The highest BCUT2D eigenvalue weighted by Gasteiger charge is 2.21. The van der Waals surface area contributed by atoms with Crippen LogP contribution in [-0.4, -0.2) is 21.3 Å². The SMILES string of the molecule is CC(C(=O)O)c1nnc(-c2ccc(Cl)cc2)o1. The summed E-state index contributed by atoms with van der Waals surface area (Å²) in [4.78, 5) is 10.7. The van der Waals surface area contributed by atoms with Gasteiger partial charge in [0.05, 0.1) is 0 Å². The van der Waals surface area contributed by atoms with Crippen LogP contribution in [0.1, 0.15) is 18.7 Å². The van der Waals surface area contributed by atoms with Crippen molar-refractivity contribution < 1.29 is 14.3 Å². The van der Waals surface area contributed by atoms with Gasteiger partial charge in [-0.15, -0.1) is 10.2 Å². The Balaban J connectivity index is 2.29. The number of hydrogen-bond acceptors (Lipinski definition) is 4. The summed E-state index contributed by atoms with van der Waals surface area (Å²) in [5, 5.41) is 16.9. The molecule has 0 bridgehead atoms. The molecule has 0 saturated heterocycles. The molecule has 1 unspecified atom stereocenters. The fourth-order valence-electron chi connectivity index (χ4n) is 1.22. The Morgan fingerprint density at radius 3 is 2.59 bits per heavy atom. The number of benzene rings is 1. The number of aliphatic carboxylic acids is 1. The molecule has 0 spiro atoms. The van der Waals surface area contributed by atoms with Crippen molar-refractivity contribution in [1.29, 1.82) is 0 Å². The monoisotopic (exact) mass is 252 g/mol. The molecule has 0 amide bonds. The Bertz CT molecular complexity index is 536. The van der Waals surface area contributed by atoms with E-state index in [1.807, 2.05) is 0 Å². The first-order valence-corrected chi connectivity index (χ1v) is 5.28. The number of nitrogens with zero attached hydrogens (tertiary/aromatic N) is 2. The summed E-state index contributed by atoms with van der Waals surface area (Å²) in [6.07, 6.45) is 0. The van der Waals surface area contributed by atoms with Gasteiger partial charge in [-0.25, -0.2) is 0 Å². The third-order valence-electron chi connectivity index (χ3n) is 2.27. The van der Waals surface area contributed by atoms with E-state index in [4.69, 9.17) is 21.1 Å². The minimum atomic E-state index is -1.00. The molecule has 2 aromatic rings. The molecule has 6 heteroatoms. The summed E-state index contributed by atoms with van der Waals surface area (Å²) in [5.41, 5.74) is 0.700. The van der Waals surface area contributed by atoms with E-state index in [9.17, 15) is 4.79 Å². The molecule has 2 rings (SSSR count). The number of carboxylic acids is 1.